The van der Waals surface area contributed by atoms with E-state index in [1.807, 2.05) is 18.2 Å². The molecule has 1 atom stereocenters. The molecule has 2 aromatic rings. The quantitative estimate of drug-likeness (QED) is 0.708. The highest BCUT2D eigenvalue weighted by molar-refractivity contribution is 5.93. The molecule has 2 amide bonds. The number of hydrogen-bond acceptors (Lipinski definition) is 4. The Bertz CT molecular complexity index is 761. The fourth-order valence-corrected chi connectivity index (χ4v) is 2.19. The first-order valence-corrected chi connectivity index (χ1v) is 7.54. The van der Waals surface area contributed by atoms with Crippen molar-refractivity contribution in [3.8, 4) is 0 Å². The molecule has 0 saturated heterocycles. The molecule has 2 rings (SSSR count). The van der Waals surface area contributed by atoms with E-state index in [-0.39, 0.29) is 18.6 Å². The molecule has 0 unspecified atom stereocenters. The summed E-state index contributed by atoms with van der Waals surface area (Å²) in [6.07, 6.45) is -0.834. The average molecular weight is 342 g/mol. The van der Waals surface area contributed by atoms with E-state index in [2.05, 4.69) is 5.32 Å². The van der Waals surface area contributed by atoms with Crippen molar-refractivity contribution in [3.63, 3.8) is 0 Å². The lowest BCUT2D eigenvalue weighted by Gasteiger charge is -2.15. The van der Waals surface area contributed by atoms with Crippen LogP contribution in [0.2, 0.25) is 0 Å². The molecule has 0 fully saturated rings. The maximum Gasteiger partial charge on any atom is 0.408 e. The van der Waals surface area contributed by atoms with Crippen LogP contribution >= 0.6 is 0 Å². The van der Waals surface area contributed by atoms with Gasteiger partial charge in [0.15, 0.2) is 0 Å². The van der Waals surface area contributed by atoms with Gasteiger partial charge in [-0.1, -0.05) is 42.5 Å². The van der Waals surface area contributed by atoms with Crippen LogP contribution in [-0.2, 0) is 22.6 Å². The topological polar surface area (TPSA) is 119 Å². The number of carboxylic acids is 1. The lowest BCUT2D eigenvalue weighted by molar-refractivity contribution is -0.139. The Morgan fingerprint density at radius 1 is 1.04 bits per heavy atom. The SMILES string of the molecule is NC(=O)c1cccc(C[C@@H](NC(=O)OCc2ccccc2)C(=O)O)c1. The summed E-state index contributed by atoms with van der Waals surface area (Å²) in [6.45, 7) is 0.0379. The van der Waals surface area contributed by atoms with Crippen molar-refractivity contribution in [2.75, 3.05) is 0 Å². The minimum absolute atomic E-state index is 0.00309. The Balaban J connectivity index is 1.96. The summed E-state index contributed by atoms with van der Waals surface area (Å²) in [4.78, 5) is 34.4. The van der Waals surface area contributed by atoms with Crippen molar-refractivity contribution >= 4 is 18.0 Å². The highest BCUT2D eigenvalue weighted by atomic mass is 16.5. The second-order valence-corrected chi connectivity index (χ2v) is 5.37. The summed E-state index contributed by atoms with van der Waals surface area (Å²) in [6, 6.07) is 14.1. The highest BCUT2D eigenvalue weighted by Crippen LogP contribution is 2.08. The maximum atomic E-state index is 11.8. The van der Waals surface area contributed by atoms with Crippen LogP contribution < -0.4 is 11.1 Å². The summed E-state index contributed by atoms with van der Waals surface area (Å²) >= 11 is 0. The Kier molecular flexibility index (Phi) is 6.11. The number of aliphatic carboxylic acids is 1. The number of carboxylic acid groups (broad SMARTS) is 1. The van der Waals surface area contributed by atoms with Crippen molar-refractivity contribution in [1.82, 2.24) is 5.32 Å². The molecular formula is C18H18N2O5. The summed E-state index contributed by atoms with van der Waals surface area (Å²) < 4.78 is 5.02. The molecule has 0 spiro atoms. The third-order valence-corrected chi connectivity index (χ3v) is 3.45. The molecule has 25 heavy (non-hydrogen) atoms. The van der Waals surface area contributed by atoms with E-state index in [1.165, 1.54) is 12.1 Å². The van der Waals surface area contributed by atoms with Crippen LogP contribution in [0.4, 0.5) is 4.79 Å². The number of hydrogen-bond donors (Lipinski definition) is 3. The zero-order valence-corrected chi connectivity index (χ0v) is 13.3. The van der Waals surface area contributed by atoms with Crippen LogP contribution in [0.15, 0.2) is 54.6 Å². The normalized spacial score (nSPS) is 11.4. The number of carbonyl (C=O) groups is 3. The van der Waals surface area contributed by atoms with Gasteiger partial charge in [0, 0.05) is 12.0 Å². The lowest BCUT2D eigenvalue weighted by atomic mass is 10.0. The van der Waals surface area contributed by atoms with Crippen molar-refractivity contribution in [2.24, 2.45) is 5.73 Å². The lowest BCUT2D eigenvalue weighted by Crippen LogP contribution is -2.42. The Labute approximate surface area is 144 Å². The first kappa shape index (κ1) is 18.0. The molecule has 0 aliphatic rings. The number of primary amides is 1. The van der Waals surface area contributed by atoms with Gasteiger partial charge in [0.05, 0.1) is 0 Å². The fourth-order valence-electron chi connectivity index (χ4n) is 2.19. The number of carbonyl (C=O) groups excluding carboxylic acids is 2. The molecule has 0 aromatic heterocycles. The van der Waals surface area contributed by atoms with Crippen LogP contribution in [0.25, 0.3) is 0 Å². The summed E-state index contributed by atoms with van der Waals surface area (Å²) in [7, 11) is 0. The van der Waals surface area contributed by atoms with E-state index < -0.39 is 24.0 Å². The second kappa shape index (κ2) is 8.49. The van der Waals surface area contributed by atoms with E-state index >= 15 is 0 Å². The Morgan fingerprint density at radius 2 is 1.72 bits per heavy atom. The van der Waals surface area contributed by atoms with Crippen LogP contribution in [-0.4, -0.2) is 29.1 Å². The number of ether oxygens (including phenoxy) is 1. The number of nitrogens with two attached hydrogens (primary N) is 1. The van der Waals surface area contributed by atoms with E-state index in [4.69, 9.17) is 10.5 Å². The second-order valence-electron chi connectivity index (χ2n) is 5.37. The predicted molar refractivity (Wildman–Crippen MR) is 89.9 cm³/mol. The molecule has 130 valence electrons. The van der Waals surface area contributed by atoms with E-state index in [9.17, 15) is 19.5 Å². The summed E-state index contributed by atoms with van der Waals surface area (Å²) in [5.41, 5.74) is 6.83. The highest BCUT2D eigenvalue weighted by Gasteiger charge is 2.21. The van der Waals surface area contributed by atoms with Crippen molar-refractivity contribution in [3.05, 3.63) is 71.3 Å². The van der Waals surface area contributed by atoms with Gasteiger partial charge in [0.1, 0.15) is 12.6 Å². The monoisotopic (exact) mass is 342 g/mol. The number of rotatable bonds is 7. The third kappa shape index (κ3) is 5.65. The molecule has 0 aliphatic heterocycles. The van der Waals surface area contributed by atoms with Crippen LogP contribution in [0, 0.1) is 0 Å². The van der Waals surface area contributed by atoms with E-state index in [0.717, 1.165) is 5.56 Å². The summed E-state index contributed by atoms with van der Waals surface area (Å²) in [5.74, 6) is -1.81. The molecule has 7 heteroatoms. The van der Waals surface area contributed by atoms with E-state index in [0.29, 0.717) is 5.56 Å². The standard InChI is InChI=1S/C18H18N2O5/c19-16(21)14-8-4-7-13(9-14)10-15(17(22)23)20-18(24)25-11-12-5-2-1-3-6-12/h1-9,15H,10-11H2,(H2,19,21)(H,20,24)(H,22,23)/t15-/m1/s1. The average Bonchev–Trinajstić information content (AvgIpc) is 2.60. The molecule has 7 nitrogen and oxygen atoms in total. The number of nitrogens with one attached hydrogen (secondary N) is 1. The smallest absolute Gasteiger partial charge is 0.408 e. The number of amides is 2. The Morgan fingerprint density at radius 3 is 2.36 bits per heavy atom. The van der Waals surface area contributed by atoms with Crippen LogP contribution in [0.3, 0.4) is 0 Å². The molecule has 0 aliphatic carbocycles. The molecule has 0 radical (unpaired) electrons. The molecule has 0 heterocycles. The van der Waals surface area contributed by atoms with Gasteiger partial charge in [-0.2, -0.15) is 0 Å². The zero-order valence-electron chi connectivity index (χ0n) is 13.3. The van der Waals surface area contributed by atoms with Gasteiger partial charge in [-0.15, -0.1) is 0 Å². The first-order valence-electron chi connectivity index (χ1n) is 7.54. The van der Waals surface area contributed by atoms with Crippen LogP contribution in [0.5, 0.6) is 0 Å². The minimum Gasteiger partial charge on any atom is -0.480 e. The van der Waals surface area contributed by atoms with Gasteiger partial charge < -0.3 is 20.9 Å². The largest absolute Gasteiger partial charge is 0.480 e. The third-order valence-electron chi connectivity index (χ3n) is 3.45. The van der Waals surface area contributed by atoms with Crippen molar-refractivity contribution in [1.29, 1.82) is 0 Å². The van der Waals surface area contributed by atoms with Gasteiger partial charge in [0.2, 0.25) is 5.91 Å². The molecule has 0 saturated carbocycles. The van der Waals surface area contributed by atoms with Gasteiger partial charge in [-0.25, -0.2) is 9.59 Å². The van der Waals surface area contributed by atoms with Crippen molar-refractivity contribution in [2.45, 2.75) is 19.1 Å². The number of alkyl carbamates (subject to hydrolysis) is 1. The molecule has 4 N–H and O–H groups in total. The first-order chi connectivity index (χ1) is 12.0. The van der Waals surface area contributed by atoms with Crippen LogP contribution in [0.1, 0.15) is 21.5 Å². The number of benzene rings is 2. The minimum atomic E-state index is -1.21. The zero-order chi connectivity index (χ0) is 18.2. The van der Waals surface area contributed by atoms with Gasteiger partial charge in [-0.3, -0.25) is 4.79 Å². The van der Waals surface area contributed by atoms with Gasteiger partial charge >= 0.3 is 12.1 Å². The molecule has 0 bridgehead atoms. The summed E-state index contributed by atoms with van der Waals surface area (Å²) in [5, 5.41) is 11.6. The fraction of sp³-hybridized carbons (Fsp3) is 0.167. The van der Waals surface area contributed by atoms with Gasteiger partial charge in [0.25, 0.3) is 0 Å². The van der Waals surface area contributed by atoms with Crippen molar-refractivity contribution < 1.29 is 24.2 Å². The molecule has 2 aromatic carbocycles. The molecular weight excluding hydrogens is 324 g/mol. The Hall–Kier alpha value is -3.35. The maximum absolute atomic E-state index is 11.8. The predicted octanol–water partition coefficient (Wildman–Crippen LogP) is 1.71. The van der Waals surface area contributed by atoms with Gasteiger partial charge in [-0.05, 0) is 23.3 Å². The van der Waals surface area contributed by atoms with E-state index in [1.54, 1.807) is 24.3 Å².